The maximum Gasteiger partial charge on any atom is 0.152 e. The predicted molar refractivity (Wildman–Crippen MR) is 46.9 cm³/mol. The van der Waals surface area contributed by atoms with Crippen LogP contribution in [0.25, 0.3) is 6.08 Å². The molecule has 0 heterocycles. The minimum atomic E-state index is 0.470. The summed E-state index contributed by atoms with van der Waals surface area (Å²) in [7, 11) is 0. The smallest absolute Gasteiger partial charge is 0.152 e. The maximum absolute atomic E-state index is 10.5. The monoisotopic (exact) mass is 166 g/mol. The molecule has 11 heavy (non-hydrogen) atoms. The molecule has 1 aromatic rings. The molecule has 1 aromatic carbocycles. The van der Waals surface area contributed by atoms with Crippen LogP contribution in [0.1, 0.15) is 15.9 Å². The van der Waals surface area contributed by atoms with Gasteiger partial charge in [-0.25, -0.2) is 0 Å². The van der Waals surface area contributed by atoms with Crippen LogP contribution in [0, 0.1) is 0 Å². The van der Waals surface area contributed by atoms with E-state index in [0.29, 0.717) is 10.6 Å². The number of carbonyl (C=O) groups is 1. The zero-order valence-corrected chi connectivity index (χ0v) is 6.64. The molecular weight excluding hydrogens is 160 g/mol. The molecule has 1 rings (SSSR count). The van der Waals surface area contributed by atoms with Gasteiger partial charge in [0, 0.05) is 5.56 Å². The molecule has 1 nitrogen and oxygen atoms in total. The molecule has 0 aromatic heterocycles. The van der Waals surface area contributed by atoms with E-state index in [2.05, 4.69) is 6.58 Å². The standard InChI is InChI=1S/C9H7ClO/c1-2-7-4-3-5-9(10)8(7)6-11/h2-6H,1H2. The lowest BCUT2D eigenvalue weighted by Gasteiger charge is -1.98. The van der Waals surface area contributed by atoms with Gasteiger partial charge >= 0.3 is 0 Å². The molecule has 0 aliphatic rings. The Kier molecular flexibility index (Phi) is 2.44. The third kappa shape index (κ3) is 1.49. The van der Waals surface area contributed by atoms with Crippen molar-refractivity contribution >= 4 is 24.0 Å². The predicted octanol–water partition coefficient (Wildman–Crippen LogP) is 2.80. The van der Waals surface area contributed by atoms with Gasteiger partial charge in [0.2, 0.25) is 0 Å². The molecule has 0 N–H and O–H groups in total. The van der Waals surface area contributed by atoms with E-state index >= 15 is 0 Å². The average molecular weight is 167 g/mol. The first-order valence-electron chi connectivity index (χ1n) is 3.15. The summed E-state index contributed by atoms with van der Waals surface area (Å²) in [4.78, 5) is 10.5. The number of carbonyl (C=O) groups excluding carboxylic acids is 1. The first kappa shape index (κ1) is 8.02. The van der Waals surface area contributed by atoms with Crippen molar-refractivity contribution in [2.24, 2.45) is 0 Å². The highest BCUT2D eigenvalue weighted by molar-refractivity contribution is 6.33. The highest BCUT2D eigenvalue weighted by Crippen LogP contribution is 2.18. The van der Waals surface area contributed by atoms with Crippen molar-refractivity contribution < 1.29 is 4.79 Å². The lowest BCUT2D eigenvalue weighted by Crippen LogP contribution is -1.86. The third-order valence-electron chi connectivity index (χ3n) is 1.42. The maximum atomic E-state index is 10.5. The number of benzene rings is 1. The van der Waals surface area contributed by atoms with Gasteiger partial charge in [-0.3, -0.25) is 4.79 Å². The Labute approximate surface area is 70.3 Å². The van der Waals surface area contributed by atoms with Gasteiger partial charge in [0.25, 0.3) is 0 Å². The molecule has 0 radical (unpaired) electrons. The molecule has 0 bridgehead atoms. The van der Waals surface area contributed by atoms with Crippen LogP contribution < -0.4 is 0 Å². The molecule has 0 aliphatic heterocycles. The van der Waals surface area contributed by atoms with Crippen LogP contribution in [0.4, 0.5) is 0 Å². The van der Waals surface area contributed by atoms with Gasteiger partial charge in [0.15, 0.2) is 6.29 Å². The topological polar surface area (TPSA) is 17.1 Å². The van der Waals surface area contributed by atoms with E-state index in [1.807, 2.05) is 0 Å². The Morgan fingerprint density at radius 1 is 1.45 bits per heavy atom. The summed E-state index contributed by atoms with van der Waals surface area (Å²) in [6.07, 6.45) is 2.34. The van der Waals surface area contributed by atoms with Crippen molar-refractivity contribution in [2.75, 3.05) is 0 Å². The summed E-state index contributed by atoms with van der Waals surface area (Å²) in [6.45, 7) is 3.56. The van der Waals surface area contributed by atoms with Crippen molar-refractivity contribution in [1.82, 2.24) is 0 Å². The van der Waals surface area contributed by atoms with Crippen LogP contribution in [0.5, 0.6) is 0 Å². The van der Waals surface area contributed by atoms with Crippen LogP contribution in [-0.2, 0) is 0 Å². The summed E-state index contributed by atoms with van der Waals surface area (Å²) < 4.78 is 0. The highest BCUT2D eigenvalue weighted by Gasteiger charge is 2.01. The molecule has 0 spiro atoms. The van der Waals surface area contributed by atoms with Crippen molar-refractivity contribution in [2.45, 2.75) is 0 Å². The lowest BCUT2D eigenvalue weighted by atomic mass is 10.1. The number of rotatable bonds is 2. The van der Waals surface area contributed by atoms with Crippen molar-refractivity contribution in [3.63, 3.8) is 0 Å². The number of hydrogen-bond donors (Lipinski definition) is 0. The van der Waals surface area contributed by atoms with E-state index in [-0.39, 0.29) is 0 Å². The highest BCUT2D eigenvalue weighted by atomic mass is 35.5. The summed E-state index contributed by atoms with van der Waals surface area (Å²) in [6, 6.07) is 5.26. The quantitative estimate of drug-likeness (QED) is 0.618. The molecule has 0 aliphatic carbocycles. The van der Waals surface area contributed by atoms with Gasteiger partial charge in [-0.05, 0) is 11.6 Å². The third-order valence-corrected chi connectivity index (χ3v) is 1.75. The molecular formula is C9H7ClO. The van der Waals surface area contributed by atoms with E-state index in [1.54, 1.807) is 24.3 Å². The van der Waals surface area contributed by atoms with Gasteiger partial charge in [0.1, 0.15) is 0 Å². The second-order valence-electron chi connectivity index (χ2n) is 2.06. The molecule has 0 saturated carbocycles. The number of halogens is 1. The van der Waals surface area contributed by atoms with E-state index < -0.39 is 0 Å². The van der Waals surface area contributed by atoms with Gasteiger partial charge in [-0.1, -0.05) is 36.4 Å². The second kappa shape index (κ2) is 3.35. The van der Waals surface area contributed by atoms with E-state index in [4.69, 9.17) is 11.6 Å². The second-order valence-corrected chi connectivity index (χ2v) is 2.47. The lowest BCUT2D eigenvalue weighted by molar-refractivity contribution is 0.112. The van der Waals surface area contributed by atoms with Gasteiger partial charge < -0.3 is 0 Å². The Bertz CT molecular complexity index is 292. The zero-order chi connectivity index (χ0) is 8.27. The van der Waals surface area contributed by atoms with E-state index in [0.717, 1.165) is 11.8 Å². The first-order chi connectivity index (χ1) is 5.29. The molecule has 0 amide bonds. The average Bonchev–Trinajstić information content (AvgIpc) is 2.04. The molecule has 0 atom stereocenters. The molecule has 2 heteroatoms. The van der Waals surface area contributed by atoms with Crippen LogP contribution >= 0.6 is 11.6 Å². The number of hydrogen-bond acceptors (Lipinski definition) is 1. The molecule has 0 saturated heterocycles. The largest absolute Gasteiger partial charge is 0.298 e. The van der Waals surface area contributed by atoms with Crippen molar-refractivity contribution in [1.29, 1.82) is 0 Å². The Hall–Kier alpha value is -1.08. The Balaban J connectivity index is 3.35. The fourth-order valence-corrected chi connectivity index (χ4v) is 1.08. The summed E-state index contributed by atoms with van der Waals surface area (Å²) in [5.41, 5.74) is 1.27. The van der Waals surface area contributed by atoms with Crippen LogP contribution in [0.15, 0.2) is 24.8 Å². The minimum absolute atomic E-state index is 0.470. The fraction of sp³-hybridized carbons (Fsp3) is 0. The normalized spacial score (nSPS) is 9.18. The van der Waals surface area contributed by atoms with Gasteiger partial charge in [0.05, 0.1) is 5.02 Å². The molecule has 0 fully saturated rings. The van der Waals surface area contributed by atoms with Crippen molar-refractivity contribution in [3.8, 4) is 0 Å². The summed E-state index contributed by atoms with van der Waals surface area (Å²) in [5, 5.41) is 0.470. The van der Waals surface area contributed by atoms with E-state index in [1.165, 1.54) is 0 Å². The summed E-state index contributed by atoms with van der Waals surface area (Å²) >= 11 is 5.73. The zero-order valence-electron chi connectivity index (χ0n) is 5.88. The van der Waals surface area contributed by atoms with Gasteiger partial charge in [-0.15, -0.1) is 0 Å². The summed E-state index contributed by atoms with van der Waals surface area (Å²) in [5.74, 6) is 0. The van der Waals surface area contributed by atoms with Gasteiger partial charge in [-0.2, -0.15) is 0 Å². The van der Waals surface area contributed by atoms with Crippen LogP contribution in [-0.4, -0.2) is 6.29 Å². The first-order valence-corrected chi connectivity index (χ1v) is 3.53. The Morgan fingerprint density at radius 3 is 2.64 bits per heavy atom. The SMILES string of the molecule is C=Cc1cccc(Cl)c1C=O. The van der Waals surface area contributed by atoms with Crippen molar-refractivity contribution in [3.05, 3.63) is 40.9 Å². The Morgan fingerprint density at radius 2 is 2.18 bits per heavy atom. The van der Waals surface area contributed by atoms with Crippen LogP contribution in [0.2, 0.25) is 5.02 Å². The minimum Gasteiger partial charge on any atom is -0.298 e. The van der Waals surface area contributed by atoms with Crippen LogP contribution in [0.3, 0.4) is 0 Å². The number of aldehydes is 1. The molecule has 56 valence electrons. The molecule has 0 unspecified atom stereocenters. The van der Waals surface area contributed by atoms with E-state index in [9.17, 15) is 4.79 Å². The fourth-order valence-electron chi connectivity index (χ4n) is 0.856.